The number of carbonyl (C=O) groups excluding carboxylic acids is 2. The molecule has 2 fully saturated rings. The van der Waals surface area contributed by atoms with E-state index in [-0.39, 0.29) is 17.1 Å². The van der Waals surface area contributed by atoms with Gasteiger partial charge in [-0.15, -0.1) is 0 Å². The topological polar surface area (TPSA) is 154 Å². The van der Waals surface area contributed by atoms with Crippen molar-refractivity contribution >= 4 is 34.5 Å². The average molecular weight is 537 g/mol. The van der Waals surface area contributed by atoms with Crippen LogP contribution in [0.3, 0.4) is 0 Å². The van der Waals surface area contributed by atoms with Crippen LogP contribution in [0.15, 0.2) is 48.5 Å². The maximum atomic E-state index is 11.7. The van der Waals surface area contributed by atoms with Crippen LogP contribution in [0.25, 0.3) is 0 Å². The maximum absolute atomic E-state index is 11.7. The third kappa shape index (κ3) is 10.8. The molecule has 37 heavy (non-hydrogen) atoms. The average Bonchev–Trinajstić information content (AvgIpc) is 3.51. The summed E-state index contributed by atoms with van der Waals surface area (Å²) < 4.78 is 9.60. The summed E-state index contributed by atoms with van der Waals surface area (Å²) in [5, 5.41) is 23.9. The van der Waals surface area contributed by atoms with Gasteiger partial charge in [0.15, 0.2) is 0 Å². The first-order chi connectivity index (χ1) is 17.5. The molecule has 2 heterocycles. The van der Waals surface area contributed by atoms with Gasteiger partial charge in [-0.3, -0.25) is 20.2 Å². The normalized spacial score (nSPS) is 18.0. The largest absolute Gasteiger partial charge is 0.415 e. The van der Waals surface area contributed by atoms with Crippen LogP contribution in [0.4, 0.5) is 21.0 Å². The Balaban J connectivity index is 0.000000220. The van der Waals surface area contributed by atoms with Crippen LogP contribution in [0.1, 0.15) is 26.7 Å². The Hall–Kier alpha value is -3.77. The van der Waals surface area contributed by atoms with E-state index in [1.807, 2.05) is 0 Å². The first-order valence-electron chi connectivity index (χ1n) is 11.6. The van der Waals surface area contributed by atoms with E-state index in [4.69, 9.17) is 16.3 Å². The minimum absolute atomic E-state index is 0.0235. The number of nitro groups is 2. The van der Waals surface area contributed by atoms with Gasteiger partial charge in [-0.25, -0.2) is 9.59 Å². The van der Waals surface area contributed by atoms with Crippen molar-refractivity contribution in [3.8, 4) is 11.5 Å². The highest BCUT2D eigenvalue weighted by Gasteiger charge is 2.24. The fourth-order valence-corrected chi connectivity index (χ4v) is 3.52. The van der Waals surface area contributed by atoms with E-state index in [1.165, 1.54) is 68.0 Å². The van der Waals surface area contributed by atoms with Crippen LogP contribution in [0, 0.1) is 32.1 Å². The van der Waals surface area contributed by atoms with Gasteiger partial charge < -0.3 is 19.7 Å². The monoisotopic (exact) mass is 536 g/mol. The van der Waals surface area contributed by atoms with E-state index in [9.17, 15) is 29.8 Å². The van der Waals surface area contributed by atoms with Crippen LogP contribution in [0.2, 0.25) is 0 Å². The number of likely N-dealkylation sites (tertiary alicyclic amines) is 1. The fourth-order valence-electron chi connectivity index (χ4n) is 3.43. The molecule has 2 aliphatic heterocycles. The summed E-state index contributed by atoms with van der Waals surface area (Å²) in [4.78, 5) is 43.3. The second-order valence-electron chi connectivity index (χ2n) is 8.65. The minimum atomic E-state index is -0.978. The maximum Gasteiger partial charge on any atom is 0.415 e. The van der Waals surface area contributed by atoms with Crippen LogP contribution >= 0.6 is 11.6 Å². The van der Waals surface area contributed by atoms with Crippen molar-refractivity contribution < 1.29 is 28.9 Å². The summed E-state index contributed by atoms with van der Waals surface area (Å²) >= 11 is 4.92. The lowest BCUT2D eigenvalue weighted by Gasteiger charge is -2.15. The summed E-state index contributed by atoms with van der Waals surface area (Å²) in [5.74, 6) is 1.93. The van der Waals surface area contributed by atoms with Crippen molar-refractivity contribution in [2.75, 3.05) is 26.2 Å². The molecular weight excluding hydrogens is 508 g/mol. The zero-order valence-electron chi connectivity index (χ0n) is 20.5. The van der Waals surface area contributed by atoms with Crippen molar-refractivity contribution in [3.63, 3.8) is 0 Å². The molecule has 2 aromatic rings. The molecule has 4 rings (SSSR count). The zero-order valence-corrected chi connectivity index (χ0v) is 21.3. The number of nitrogens with zero attached hydrogens (tertiary/aromatic N) is 3. The van der Waals surface area contributed by atoms with Gasteiger partial charge in [-0.1, -0.05) is 13.8 Å². The van der Waals surface area contributed by atoms with Gasteiger partial charge in [0.1, 0.15) is 11.5 Å². The Bertz CT molecular complexity index is 1060. The molecule has 2 aliphatic rings. The summed E-state index contributed by atoms with van der Waals surface area (Å²) in [5.41, 5.74) is -1.08. The summed E-state index contributed by atoms with van der Waals surface area (Å²) in [6, 6.07) is 10.5. The van der Waals surface area contributed by atoms with E-state index in [2.05, 4.69) is 23.9 Å². The summed E-state index contributed by atoms with van der Waals surface area (Å²) in [7, 11) is 0. The minimum Gasteiger partial charge on any atom is -0.414 e. The van der Waals surface area contributed by atoms with E-state index in [0.717, 1.165) is 12.3 Å². The van der Waals surface area contributed by atoms with Gasteiger partial charge in [0.05, 0.1) is 9.85 Å². The molecule has 0 spiro atoms. The van der Waals surface area contributed by atoms with E-state index >= 15 is 0 Å². The van der Waals surface area contributed by atoms with Gasteiger partial charge in [0, 0.05) is 49.0 Å². The quantitative estimate of drug-likeness (QED) is 0.308. The van der Waals surface area contributed by atoms with Gasteiger partial charge in [0.2, 0.25) is 0 Å². The second-order valence-corrected chi connectivity index (χ2v) is 8.96. The van der Waals surface area contributed by atoms with Crippen molar-refractivity contribution in [2.45, 2.75) is 26.7 Å². The molecule has 1 N–H and O–H groups in total. The molecule has 1 amide bonds. The van der Waals surface area contributed by atoms with E-state index in [1.54, 1.807) is 4.90 Å². The van der Waals surface area contributed by atoms with Crippen molar-refractivity contribution in [2.24, 2.45) is 11.8 Å². The Morgan fingerprint density at radius 1 is 0.892 bits per heavy atom. The number of halogens is 1. The molecule has 0 radical (unpaired) electrons. The molecule has 13 heteroatoms. The molecule has 0 aromatic heterocycles. The molecule has 2 atom stereocenters. The molecule has 0 unspecified atom stereocenters. The highest BCUT2D eigenvalue weighted by Crippen LogP contribution is 2.21. The summed E-state index contributed by atoms with van der Waals surface area (Å²) in [6.45, 7) is 8.24. The third-order valence-corrected chi connectivity index (χ3v) is 5.56. The number of amides is 1. The molecular formula is C24H29ClN4O8. The van der Waals surface area contributed by atoms with E-state index in [0.29, 0.717) is 24.8 Å². The molecule has 2 saturated heterocycles. The Labute approximate surface area is 218 Å². The standard InChI is InChI=1S/C12H14N2O4.C7H4ClNO4.C5H11N/c1-9-6-7-13(8-9)12(15)18-11-4-2-10(3-5-11)14(16)17;8-7(10)13-6-3-1-5(2-4-6)9(11)12;1-5-2-3-6-4-5/h2-5,9H,6-8H2,1H3;1-4H;5-6H,2-4H2,1H3/t9-;;5-/m1.1/s1. The van der Waals surface area contributed by atoms with Gasteiger partial charge in [-0.2, -0.15) is 0 Å². The number of rotatable bonds is 4. The number of carbonyl (C=O) groups is 2. The first-order valence-corrected chi connectivity index (χ1v) is 12.0. The van der Waals surface area contributed by atoms with Crippen molar-refractivity contribution in [3.05, 3.63) is 68.8 Å². The molecule has 0 saturated carbocycles. The lowest BCUT2D eigenvalue weighted by Crippen LogP contribution is -2.31. The van der Waals surface area contributed by atoms with Gasteiger partial charge in [0.25, 0.3) is 11.4 Å². The molecule has 2 aromatic carbocycles. The van der Waals surface area contributed by atoms with Gasteiger partial charge in [-0.05, 0) is 62.0 Å². The number of hydrogen-bond donors (Lipinski definition) is 1. The smallest absolute Gasteiger partial charge is 0.414 e. The lowest BCUT2D eigenvalue weighted by atomic mass is 10.2. The predicted molar refractivity (Wildman–Crippen MR) is 136 cm³/mol. The molecule has 0 aliphatic carbocycles. The van der Waals surface area contributed by atoms with E-state index < -0.39 is 21.4 Å². The number of non-ortho nitro benzene ring substituents is 2. The second kappa shape index (κ2) is 14.7. The number of nitro benzene ring substituents is 2. The van der Waals surface area contributed by atoms with Crippen molar-refractivity contribution in [1.29, 1.82) is 0 Å². The van der Waals surface area contributed by atoms with Crippen LogP contribution < -0.4 is 14.8 Å². The van der Waals surface area contributed by atoms with Crippen LogP contribution in [-0.4, -0.2) is 52.4 Å². The molecule has 12 nitrogen and oxygen atoms in total. The Morgan fingerprint density at radius 2 is 1.41 bits per heavy atom. The third-order valence-electron chi connectivity index (χ3n) is 5.49. The lowest BCUT2D eigenvalue weighted by molar-refractivity contribution is -0.385. The van der Waals surface area contributed by atoms with Crippen LogP contribution in [-0.2, 0) is 0 Å². The summed E-state index contributed by atoms with van der Waals surface area (Å²) in [6.07, 6.45) is 1.96. The fraction of sp³-hybridized carbons (Fsp3) is 0.417. The SMILES string of the molecule is C[C@@H]1CCN(C(=O)Oc2ccc([N+](=O)[O-])cc2)C1.C[C@@H]1CCNC1.O=C(Cl)Oc1ccc([N+](=O)[O-])cc1. The molecule has 0 bridgehead atoms. The predicted octanol–water partition coefficient (Wildman–Crippen LogP) is 5.38. The zero-order chi connectivity index (χ0) is 27.4. The van der Waals surface area contributed by atoms with Gasteiger partial charge >= 0.3 is 11.5 Å². The Morgan fingerprint density at radius 3 is 1.73 bits per heavy atom. The number of ether oxygens (including phenoxy) is 2. The Kier molecular flexibility index (Phi) is 11.7. The number of hydrogen-bond acceptors (Lipinski definition) is 9. The molecule has 200 valence electrons. The number of nitrogens with one attached hydrogen (secondary N) is 1. The van der Waals surface area contributed by atoms with Crippen LogP contribution in [0.5, 0.6) is 11.5 Å². The highest BCUT2D eigenvalue weighted by atomic mass is 35.5. The number of benzene rings is 2. The van der Waals surface area contributed by atoms with Crippen molar-refractivity contribution in [1.82, 2.24) is 10.2 Å². The highest BCUT2D eigenvalue weighted by molar-refractivity contribution is 6.61. The first kappa shape index (κ1) is 29.5.